The van der Waals surface area contributed by atoms with Gasteiger partial charge in [-0.1, -0.05) is 0 Å². The van der Waals surface area contributed by atoms with Crippen molar-refractivity contribution in [1.82, 2.24) is 15.1 Å². The van der Waals surface area contributed by atoms with Crippen LogP contribution in [0.2, 0.25) is 0 Å². The number of carbonyl (C=O) groups is 2. The van der Waals surface area contributed by atoms with Crippen molar-refractivity contribution in [3.8, 4) is 0 Å². The van der Waals surface area contributed by atoms with Crippen molar-refractivity contribution in [2.24, 2.45) is 0 Å². The molecular weight excluding hydrogens is 202 g/mol. The quantitative estimate of drug-likeness (QED) is 0.612. The van der Waals surface area contributed by atoms with Crippen molar-refractivity contribution >= 4 is 12.1 Å². The molecule has 7 heteroatoms. The third-order valence-corrected chi connectivity index (χ3v) is 2.41. The molecule has 0 radical (unpaired) electrons. The lowest BCUT2D eigenvalue weighted by Crippen LogP contribution is -2.34. The number of aromatic nitrogens is 2. The van der Waals surface area contributed by atoms with Crippen LogP contribution in [0.1, 0.15) is 21.7 Å². The third-order valence-electron chi connectivity index (χ3n) is 2.41. The molecule has 0 saturated carbocycles. The number of fused-ring (bicyclic) bond motifs is 1. The molecule has 0 spiro atoms. The van der Waals surface area contributed by atoms with Gasteiger partial charge in [-0.15, -0.1) is 0 Å². The van der Waals surface area contributed by atoms with Crippen molar-refractivity contribution in [3.05, 3.63) is 17.0 Å². The number of aromatic carboxylic acids is 1. The van der Waals surface area contributed by atoms with Gasteiger partial charge in [0.05, 0.1) is 12.2 Å². The van der Waals surface area contributed by atoms with Gasteiger partial charge in [-0.05, 0) is 6.42 Å². The highest BCUT2D eigenvalue weighted by molar-refractivity contribution is 5.87. The predicted octanol–water partition coefficient (Wildman–Crippen LogP) is 0.144. The fourth-order valence-corrected chi connectivity index (χ4v) is 1.65. The molecule has 7 nitrogen and oxygen atoms in total. The molecule has 2 rings (SSSR count). The van der Waals surface area contributed by atoms with Crippen molar-refractivity contribution < 1.29 is 19.8 Å². The van der Waals surface area contributed by atoms with Gasteiger partial charge in [0.25, 0.3) is 0 Å². The van der Waals surface area contributed by atoms with E-state index < -0.39 is 12.1 Å². The zero-order valence-electron chi connectivity index (χ0n) is 7.73. The summed E-state index contributed by atoms with van der Waals surface area (Å²) in [5.74, 6) is -1.06. The van der Waals surface area contributed by atoms with Crippen LogP contribution in [0.5, 0.6) is 0 Å². The van der Waals surface area contributed by atoms with Gasteiger partial charge in [-0.25, -0.2) is 9.59 Å². The Morgan fingerprint density at radius 2 is 2.13 bits per heavy atom. The third kappa shape index (κ3) is 1.51. The number of nitrogens with one attached hydrogen (secondary N) is 1. The van der Waals surface area contributed by atoms with Crippen LogP contribution < -0.4 is 0 Å². The second kappa shape index (κ2) is 3.26. The highest BCUT2D eigenvalue weighted by Gasteiger charge is 2.26. The van der Waals surface area contributed by atoms with Gasteiger partial charge in [-0.3, -0.25) is 5.10 Å². The summed E-state index contributed by atoms with van der Waals surface area (Å²) >= 11 is 0. The average molecular weight is 211 g/mol. The number of nitrogens with zero attached hydrogens (tertiary/aromatic N) is 2. The van der Waals surface area contributed by atoms with Gasteiger partial charge in [0.1, 0.15) is 5.69 Å². The number of H-pyrrole nitrogens is 1. The summed E-state index contributed by atoms with van der Waals surface area (Å²) in [6.45, 7) is 0.455. The molecule has 15 heavy (non-hydrogen) atoms. The molecule has 1 aromatic rings. The van der Waals surface area contributed by atoms with E-state index in [0.29, 0.717) is 24.2 Å². The Morgan fingerprint density at radius 1 is 1.40 bits per heavy atom. The fraction of sp³-hybridized carbons (Fsp3) is 0.375. The van der Waals surface area contributed by atoms with Crippen molar-refractivity contribution in [3.63, 3.8) is 0 Å². The maximum absolute atomic E-state index is 10.7. The topological polar surface area (TPSA) is 107 Å². The Balaban J connectivity index is 2.30. The van der Waals surface area contributed by atoms with Crippen LogP contribution in [-0.2, 0) is 13.0 Å². The van der Waals surface area contributed by atoms with Crippen LogP contribution in [0.4, 0.5) is 4.79 Å². The monoisotopic (exact) mass is 211 g/mol. The first-order valence-electron chi connectivity index (χ1n) is 4.37. The molecule has 80 valence electrons. The van der Waals surface area contributed by atoms with Crippen LogP contribution in [0.15, 0.2) is 0 Å². The number of aromatic amines is 1. The van der Waals surface area contributed by atoms with Gasteiger partial charge < -0.3 is 15.1 Å². The highest BCUT2D eigenvalue weighted by Crippen LogP contribution is 2.19. The van der Waals surface area contributed by atoms with E-state index in [-0.39, 0.29) is 12.2 Å². The summed E-state index contributed by atoms with van der Waals surface area (Å²) in [5, 5.41) is 23.8. The molecule has 1 aliphatic heterocycles. The van der Waals surface area contributed by atoms with Crippen molar-refractivity contribution in [1.29, 1.82) is 0 Å². The van der Waals surface area contributed by atoms with Gasteiger partial charge in [-0.2, -0.15) is 5.10 Å². The number of hydrogen-bond donors (Lipinski definition) is 3. The summed E-state index contributed by atoms with van der Waals surface area (Å²) in [7, 11) is 0. The SMILES string of the molecule is O=C(O)c1[nH]nc2c1CCN(C(=O)O)C2. The molecule has 3 N–H and O–H groups in total. The van der Waals surface area contributed by atoms with E-state index in [1.165, 1.54) is 4.90 Å². The van der Waals surface area contributed by atoms with Gasteiger partial charge in [0.15, 0.2) is 0 Å². The molecule has 0 atom stereocenters. The predicted molar refractivity (Wildman–Crippen MR) is 47.7 cm³/mol. The normalized spacial score (nSPS) is 14.8. The molecule has 0 aromatic carbocycles. The number of carboxylic acid groups (broad SMARTS) is 2. The summed E-state index contributed by atoms with van der Waals surface area (Å²) in [4.78, 5) is 22.6. The lowest BCUT2D eigenvalue weighted by atomic mass is 10.1. The van der Waals surface area contributed by atoms with Crippen LogP contribution in [-0.4, -0.2) is 43.9 Å². The smallest absolute Gasteiger partial charge is 0.407 e. The first-order chi connectivity index (χ1) is 7.09. The van der Waals surface area contributed by atoms with Crippen LogP contribution in [0.3, 0.4) is 0 Å². The Morgan fingerprint density at radius 3 is 2.73 bits per heavy atom. The largest absolute Gasteiger partial charge is 0.477 e. The second-order valence-electron chi connectivity index (χ2n) is 3.28. The lowest BCUT2D eigenvalue weighted by Gasteiger charge is -2.23. The van der Waals surface area contributed by atoms with E-state index in [9.17, 15) is 9.59 Å². The maximum atomic E-state index is 10.7. The lowest BCUT2D eigenvalue weighted by molar-refractivity contribution is 0.0689. The van der Waals surface area contributed by atoms with Crippen LogP contribution in [0.25, 0.3) is 0 Å². The summed E-state index contributed by atoms with van der Waals surface area (Å²) < 4.78 is 0. The highest BCUT2D eigenvalue weighted by atomic mass is 16.4. The van der Waals surface area contributed by atoms with Crippen molar-refractivity contribution in [2.45, 2.75) is 13.0 Å². The summed E-state index contributed by atoms with van der Waals surface area (Å²) in [6, 6.07) is 0. The standard InChI is InChI=1S/C8H9N3O4/c12-7(13)6-4-1-2-11(8(14)15)3-5(4)9-10-6/h1-3H2,(H,9,10)(H,12,13)(H,14,15). The van der Waals surface area contributed by atoms with Crippen molar-refractivity contribution in [2.75, 3.05) is 6.54 Å². The zero-order chi connectivity index (χ0) is 11.0. The molecule has 0 unspecified atom stereocenters. The van der Waals surface area contributed by atoms with Gasteiger partial charge >= 0.3 is 12.1 Å². The summed E-state index contributed by atoms with van der Waals surface area (Å²) in [5.41, 5.74) is 1.18. The Kier molecular flexibility index (Phi) is 2.07. The number of amides is 1. The van der Waals surface area contributed by atoms with E-state index in [1.54, 1.807) is 0 Å². The first-order valence-corrected chi connectivity index (χ1v) is 4.37. The molecule has 1 amide bonds. The van der Waals surface area contributed by atoms with E-state index >= 15 is 0 Å². The molecule has 0 fully saturated rings. The fourth-order valence-electron chi connectivity index (χ4n) is 1.65. The minimum atomic E-state index is -1.06. The number of carboxylic acids is 1. The van der Waals surface area contributed by atoms with Gasteiger partial charge in [0, 0.05) is 12.1 Å². The van der Waals surface area contributed by atoms with E-state index in [4.69, 9.17) is 10.2 Å². The Labute approximate surface area is 84.3 Å². The molecule has 0 saturated heterocycles. The Bertz CT molecular complexity index is 426. The van der Waals surface area contributed by atoms with Crippen LogP contribution in [0, 0.1) is 0 Å². The van der Waals surface area contributed by atoms with E-state index in [1.807, 2.05) is 0 Å². The minimum Gasteiger partial charge on any atom is -0.477 e. The molecular formula is C8H9N3O4. The second-order valence-corrected chi connectivity index (χ2v) is 3.28. The van der Waals surface area contributed by atoms with E-state index in [0.717, 1.165) is 0 Å². The average Bonchev–Trinajstić information content (AvgIpc) is 2.59. The Hall–Kier alpha value is -2.05. The first kappa shape index (κ1) is 9.50. The summed E-state index contributed by atoms with van der Waals surface area (Å²) in [6.07, 6.45) is -0.625. The number of hydrogen-bond acceptors (Lipinski definition) is 3. The molecule has 2 heterocycles. The maximum Gasteiger partial charge on any atom is 0.407 e. The van der Waals surface area contributed by atoms with Gasteiger partial charge in [0.2, 0.25) is 0 Å². The minimum absolute atomic E-state index is 0.0649. The molecule has 0 bridgehead atoms. The van der Waals surface area contributed by atoms with Crippen LogP contribution >= 0.6 is 0 Å². The zero-order valence-corrected chi connectivity index (χ0v) is 7.73. The van der Waals surface area contributed by atoms with E-state index in [2.05, 4.69) is 10.2 Å². The number of rotatable bonds is 1. The molecule has 1 aromatic heterocycles. The molecule has 0 aliphatic carbocycles. The molecule has 1 aliphatic rings.